The van der Waals surface area contributed by atoms with Crippen LogP contribution in [0.5, 0.6) is 0 Å². The fraction of sp³-hybridized carbons (Fsp3) is 0.556. The van der Waals surface area contributed by atoms with E-state index < -0.39 is 12.0 Å². The van der Waals surface area contributed by atoms with Gasteiger partial charge in [0.1, 0.15) is 10.8 Å². The largest absolute Gasteiger partial charge is 0.451 e. The Morgan fingerprint density at radius 1 is 1.44 bits per heavy atom. The van der Waals surface area contributed by atoms with Crippen molar-refractivity contribution in [3.63, 3.8) is 0 Å². The Morgan fingerprint density at radius 2 is 2.17 bits per heavy atom. The van der Waals surface area contributed by atoms with Crippen molar-refractivity contribution in [3.8, 4) is 0 Å². The maximum atomic E-state index is 12.5. The molecule has 102 valence electrons. The molecule has 5 nitrogen and oxygen atoms in total. The summed E-state index contributed by atoms with van der Waals surface area (Å²) in [5.41, 5.74) is 2.09. The van der Waals surface area contributed by atoms with E-state index in [1.807, 2.05) is 0 Å². The molecule has 3 N–H and O–H groups in total. The number of nitrogens with one attached hydrogen (secondary N) is 1. The van der Waals surface area contributed by atoms with Crippen LogP contribution >= 0.6 is 11.8 Å². The van der Waals surface area contributed by atoms with Crippen molar-refractivity contribution < 1.29 is 17.9 Å². The van der Waals surface area contributed by atoms with E-state index in [0.717, 1.165) is 6.42 Å². The molecule has 9 heteroatoms. The van der Waals surface area contributed by atoms with E-state index in [9.17, 15) is 13.2 Å². The van der Waals surface area contributed by atoms with E-state index in [1.54, 1.807) is 7.11 Å². The highest BCUT2D eigenvalue weighted by atomic mass is 32.2. The second-order valence-corrected chi connectivity index (χ2v) is 4.37. The first-order valence-electron chi connectivity index (χ1n) is 5.02. The Balaban J connectivity index is 2.78. The fourth-order valence-corrected chi connectivity index (χ4v) is 1.90. The molecular formula is C9H13F3N4OS. The predicted octanol–water partition coefficient (Wildman–Crippen LogP) is 1.91. The first kappa shape index (κ1) is 15.0. The number of anilines is 1. The van der Waals surface area contributed by atoms with Crippen LogP contribution in [0.4, 0.5) is 19.0 Å². The third-order valence-electron chi connectivity index (χ3n) is 1.85. The molecule has 0 saturated carbocycles. The number of aromatic nitrogens is 2. The molecule has 0 aliphatic carbocycles. The Hall–Kier alpha value is -1.06. The van der Waals surface area contributed by atoms with E-state index in [0.29, 0.717) is 12.4 Å². The minimum absolute atomic E-state index is 0.0634. The third kappa shape index (κ3) is 4.67. The van der Waals surface area contributed by atoms with Crippen LogP contribution < -0.4 is 11.3 Å². The second kappa shape index (κ2) is 6.76. The lowest BCUT2D eigenvalue weighted by atomic mass is 10.5. The summed E-state index contributed by atoms with van der Waals surface area (Å²) < 4.78 is 42.4. The van der Waals surface area contributed by atoms with Crippen molar-refractivity contribution in [3.05, 3.63) is 11.9 Å². The molecule has 1 aromatic rings. The van der Waals surface area contributed by atoms with E-state index in [4.69, 9.17) is 10.6 Å². The SMILES string of the molecule is COCCCSc1cc(NN)nc(C(F)(F)F)n1. The highest BCUT2D eigenvalue weighted by molar-refractivity contribution is 7.99. The Labute approximate surface area is 106 Å². The molecular weight excluding hydrogens is 269 g/mol. The molecule has 0 atom stereocenters. The summed E-state index contributed by atoms with van der Waals surface area (Å²) in [4.78, 5) is 6.70. The number of nitrogens with zero attached hydrogens (tertiary/aromatic N) is 2. The Bertz CT molecular complexity index is 389. The van der Waals surface area contributed by atoms with Gasteiger partial charge < -0.3 is 10.2 Å². The number of ether oxygens (including phenoxy) is 1. The highest BCUT2D eigenvalue weighted by Gasteiger charge is 2.35. The molecule has 0 unspecified atom stereocenters. The van der Waals surface area contributed by atoms with E-state index in [1.165, 1.54) is 17.8 Å². The molecule has 0 aliphatic heterocycles. The van der Waals surface area contributed by atoms with E-state index in [-0.39, 0.29) is 10.8 Å². The van der Waals surface area contributed by atoms with Gasteiger partial charge in [0.15, 0.2) is 0 Å². The van der Waals surface area contributed by atoms with Gasteiger partial charge in [-0.25, -0.2) is 15.8 Å². The molecule has 0 fully saturated rings. The first-order chi connectivity index (χ1) is 8.47. The van der Waals surface area contributed by atoms with Gasteiger partial charge >= 0.3 is 6.18 Å². The van der Waals surface area contributed by atoms with Crippen molar-refractivity contribution in [1.29, 1.82) is 0 Å². The Kier molecular flexibility index (Phi) is 5.63. The molecule has 0 aromatic carbocycles. The maximum absolute atomic E-state index is 12.5. The lowest BCUT2D eigenvalue weighted by Gasteiger charge is -2.09. The zero-order valence-corrected chi connectivity index (χ0v) is 10.4. The maximum Gasteiger partial charge on any atom is 0.451 e. The number of thioether (sulfide) groups is 1. The molecule has 1 aromatic heterocycles. The zero-order valence-electron chi connectivity index (χ0n) is 9.62. The van der Waals surface area contributed by atoms with Crippen LogP contribution in [0.15, 0.2) is 11.1 Å². The number of hydrazine groups is 1. The smallest absolute Gasteiger partial charge is 0.385 e. The Morgan fingerprint density at radius 3 is 2.72 bits per heavy atom. The number of alkyl halides is 3. The summed E-state index contributed by atoms with van der Waals surface area (Å²) >= 11 is 1.19. The summed E-state index contributed by atoms with van der Waals surface area (Å²) in [5.74, 6) is 4.41. The van der Waals surface area contributed by atoms with Gasteiger partial charge in [-0.2, -0.15) is 13.2 Å². The molecule has 0 saturated heterocycles. The fourth-order valence-electron chi connectivity index (χ4n) is 1.08. The molecule has 1 rings (SSSR count). The molecule has 0 aliphatic rings. The average molecular weight is 282 g/mol. The second-order valence-electron chi connectivity index (χ2n) is 3.25. The topological polar surface area (TPSA) is 73.1 Å². The number of hydrogen-bond donors (Lipinski definition) is 2. The van der Waals surface area contributed by atoms with Gasteiger partial charge in [0, 0.05) is 25.5 Å². The first-order valence-corrected chi connectivity index (χ1v) is 6.00. The zero-order chi connectivity index (χ0) is 13.6. The number of nitrogens with two attached hydrogens (primary N) is 1. The molecule has 0 bridgehead atoms. The number of hydrogen-bond acceptors (Lipinski definition) is 6. The van der Waals surface area contributed by atoms with Crippen LogP contribution in [0.2, 0.25) is 0 Å². The summed E-state index contributed by atoms with van der Waals surface area (Å²) in [5, 5.41) is 0.223. The lowest BCUT2D eigenvalue weighted by molar-refractivity contribution is -0.145. The quantitative estimate of drug-likeness (QED) is 0.273. The van der Waals surface area contributed by atoms with Gasteiger partial charge in [-0.15, -0.1) is 11.8 Å². The van der Waals surface area contributed by atoms with Crippen LogP contribution in [0.1, 0.15) is 12.2 Å². The summed E-state index contributed by atoms with van der Waals surface area (Å²) in [6.45, 7) is 0.548. The van der Waals surface area contributed by atoms with Crippen LogP contribution in [-0.4, -0.2) is 29.4 Å². The number of methoxy groups -OCH3 is 1. The van der Waals surface area contributed by atoms with Gasteiger partial charge in [0.25, 0.3) is 0 Å². The van der Waals surface area contributed by atoms with Crippen molar-refractivity contribution in [2.24, 2.45) is 5.84 Å². The monoisotopic (exact) mass is 282 g/mol. The third-order valence-corrected chi connectivity index (χ3v) is 2.84. The van der Waals surface area contributed by atoms with Gasteiger partial charge in [-0.1, -0.05) is 0 Å². The molecule has 0 radical (unpaired) electrons. The van der Waals surface area contributed by atoms with E-state index >= 15 is 0 Å². The minimum atomic E-state index is -4.59. The summed E-state index contributed by atoms with van der Waals surface area (Å²) in [6.07, 6.45) is -3.87. The van der Waals surface area contributed by atoms with Gasteiger partial charge in [-0.3, -0.25) is 0 Å². The lowest BCUT2D eigenvalue weighted by Crippen LogP contribution is -2.16. The van der Waals surface area contributed by atoms with E-state index in [2.05, 4.69) is 15.4 Å². The van der Waals surface area contributed by atoms with Crippen molar-refractivity contribution in [1.82, 2.24) is 9.97 Å². The molecule has 0 amide bonds. The van der Waals surface area contributed by atoms with Crippen molar-refractivity contribution in [2.75, 3.05) is 24.9 Å². The van der Waals surface area contributed by atoms with Crippen LogP contribution in [0.25, 0.3) is 0 Å². The average Bonchev–Trinajstić information content (AvgIpc) is 2.33. The normalized spacial score (nSPS) is 11.6. The summed E-state index contributed by atoms with van der Waals surface area (Å²) in [6, 6.07) is 1.37. The molecule has 18 heavy (non-hydrogen) atoms. The number of halogens is 3. The van der Waals surface area contributed by atoms with Crippen LogP contribution in [0, 0.1) is 0 Å². The standard InChI is InChI=1S/C9H13F3N4OS/c1-17-3-2-4-18-7-5-6(16-13)14-8(15-7)9(10,11)12/h5H,2-4,13H2,1H3,(H,14,15,16). The summed E-state index contributed by atoms with van der Waals surface area (Å²) in [7, 11) is 1.56. The number of nitrogen functional groups attached to an aromatic ring is 1. The number of rotatable bonds is 6. The van der Waals surface area contributed by atoms with Crippen molar-refractivity contribution in [2.45, 2.75) is 17.6 Å². The predicted molar refractivity (Wildman–Crippen MR) is 62.1 cm³/mol. The van der Waals surface area contributed by atoms with Gasteiger partial charge in [-0.05, 0) is 6.42 Å². The highest BCUT2D eigenvalue weighted by Crippen LogP contribution is 2.29. The van der Waals surface area contributed by atoms with Crippen LogP contribution in [0.3, 0.4) is 0 Å². The van der Waals surface area contributed by atoms with Gasteiger partial charge in [0.05, 0.1) is 0 Å². The minimum Gasteiger partial charge on any atom is -0.385 e. The molecule has 0 spiro atoms. The van der Waals surface area contributed by atoms with Crippen LogP contribution in [-0.2, 0) is 10.9 Å². The van der Waals surface area contributed by atoms with Gasteiger partial charge in [0.2, 0.25) is 5.82 Å². The molecule has 1 heterocycles. The van der Waals surface area contributed by atoms with Crippen molar-refractivity contribution >= 4 is 17.6 Å².